The van der Waals surface area contributed by atoms with Crippen LogP contribution < -0.4 is 15.5 Å². The van der Waals surface area contributed by atoms with E-state index in [1.807, 2.05) is 0 Å². The highest BCUT2D eigenvalue weighted by Gasteiger charge is 2.20. The van der Waals surface area contributed by atoms with Crippen molar-refractivity contribution in [3.05, 3.63) is 47.1 Å². The highest BCUT2D eigenvalue weighted by Crippen LogP contribution is 2.15. The molecular formula is C18H21ClN6O2. The summed E-state index contributed by atoms with van der Waals surface area (Å²) in [6.45, 7) is 3.29. The third kappa shape index (κ3) is 5.15. The number of hydrogen-bond acceptors (Lipinski definition) is 6. The lowest BCUT2D eigenvalue weighted by molar-refractivity contribution is -0.117. The van der Waals surface area contributed by atoms with Crippen LogP contribution in [0.15, 0.2) is 36.4 Å². The van der Waals surface area contributed by atoms with Crippen LogP contribution in [-0.4, -0.2) is 66.7 Å². The number of halogens is 1. The summed E-state index contributed by atoms with van der Waals surface area (Å²) >= 11 is 5.84. The summed E-state index contributed by atoms with van der Waals surface area (Å²) in [5, 5.41) is 14.1. The SMILES string of the molecule is CNC(=O)c1ccc(N2CCN(CC(=O)Nc3ccc(Cl)cc3)CC2)nn1. The summed E-state index contributed by atoms with van der Waals surface area (Å²) in [5.41, 5.74) is 1.02. The summed E-state index contributed by atoms with van der Waals surface area (Å²) in [6.07, 6.45) is 0. The minimum Gasteiger partial charge on any atom is -0.354 e. The van der Waals surface area contributed by atoms with E-state index in [0.29, 0.717) is 17.3 Å². The summed E-state index contributed by atoms with van der Waals surface area (Å²) in [5.74, 6) is 0.416. The summed E-state index contributed by atoms with van der Waals surface area (Å²) in [7, 11) is 1.56. The van der Waals surface area contributed by atoms with Crippen LogP contribution >= 0.6 is 11.6 Å². The molecule has 2 amide bonds. The van der Waals surface area contributed by atoms with Crippen LogP contribution in [0.3, 0.4) is 0 Å². The zero-order valence-corrected chi connectivity index (χ0v) is 15.7. The van der Waals surface area contributed by atoms with Crippen molar-refractivity contribution in [2.45, 2.75) is 0 Å². The highest BCUT2D eigenvalue weighted by atomic mass is 35.5. The number of benzene rings is 1. The number of anilines is 2. The number of nitrogens with one attached hydrogen (secondary N) is 2. The Kier molecular flexibility index (Phi) is 6.20. The Bertz CT molecular complexity index is 789. The van der Waals surface area contributed by atoms with Crippen LogP contribution in [0, 0.1) is 0 Å². The predicted molar refractivity (Wildman–Crippen MR) is 104 cm³/mol. The molecule has 1 aromatic carbocycles. The quantitative estimate of drug-likeness (QED) is 0.801. The van der Waals surface area contributed by atoms with E-state index in [2.05, 4.69) is 30.6 Å². The van der Waals surface area contributed by atoms with E-state index in [1.165, 1.54) is 0 Å². The maximum absolute atomic E-state index is 12.2. The lowest BCUT2D eigenvalue weighted by Gasteiger charge is -2.34. The number of piperazine rings is 1. The molecule has 8 nitrogen and oxygen atoms in total. The highest BCUT2D eigenvalue weighted by molar-refractivity contribution is 6.30. The predicted octanol–water partition coefficient (Wildman–Crippen LogP) is 1.25. The van der Waals surface area contributed by atoms with Crippen LogP contribution in [0.25, 0.3) is 0 Å². The third-order valence-corrected chi connectivity index (χ3v) is 4.55. The Balaban J connectivity index is 1.47. The molecule has 2 heterocycles. The Morgan fingerprint density at radius 3 is 2.33 bits per heavy atom. The van der Waals surface area contributed by atoms with Gasteiger partial charge < -0.3 is 15.5 Å². The average molecular weight is 389 g/mol. The van der Waals surface area contributed by atoms with Gasteiger partial charge in [-0.3, -0.25) is 14.5 Å². The molecule has 1 saturated heterocycles. The molecule has 9 heteroatoms. The zero-order valence-electron chi connectivity index (χ0n) is 15.0. The molecule has 1 aliphatic heterocycles. The van der Waals surface area contributed by atoms with Gasteiger partial charge in [0.2, 0.25) is 5.91 Å². The fraction of sp³-hybridized carbons (Fsp3) is 0.333. The van der Waals surface area contributed by atoms with Gasteiger partial charge in [-0.1, -0.05) is 11.6 Å². The van der Waals surface area contributed by atoms with Gasteiger partial charge in [-0.25, -0.2) is 0 Å². The number of aromatic nitrogens is 2. The van der Waals surface area contributed by atoms with E-state index < -0.39 is 0 Å². The monoisotopic (exact) mass is 388 g/mol. The first-order valence-electron chi connectivity index (χ1n) is 8.63. The second-order valence-electron chi connectivity index (χ2n) is 6.17. The molecule has 0 bridgehead atoms. The number of amides is 2. The molecule has 2 aromatic rings. The zero-order chi connectivity index (χ0) is 19.2. The van der Waals surface area contributed by atoms with Gasteiger partial charge in [-0.2, -0.15) is 0 Å². The van der Waals surface area contributed by atoms with Gasteiger partial charge in [0.15, 0.2) is 11.5 Å². The average Bonchev–Trinajstić information content (AvgIpc) is 2.70. The summed E-state index contributed by atoms with van der Waals surface area (Å²) in [6, 6.07) is 10.5. The Hall–Kier alpha value is -2.71. The molecule has 1 fully saturated rings. The van der Waals surface area contributed by atoms with Crippen molar-refractivity contribution in [2.75, 3.05) is 50.0 Å². The fourth-order valence-electron chi connectivity index (χ4n) is 2.81. The first kappa shape index (κ1) is 19.1. The summed E-state index contributed by atoms with van der Waals surface area (Å²) in [4.78, 5) is 27.9. The minimum atomic E-state index is -0.259. The van der Waals surface area contributed by atoms with Crippen molar-refractivity contribution < 1.29 is 9.59 Å². The molecule has 1 aromatic heterocycles. The van der Waals surface area contributed by atoms with Gasteiger partial charge in [0.1, 0.15) is 0 Å². The van der Waals surface area contributed by atoms with Crippen LogP contribution in [0.4, 0.5) is 11.5 Å². The van der Waals surface area contributed by atoms with Crippen LogP contribution in [0.5, 0.6) is 0 Å². The molecule has 27 heavy (non-hydrogen) atoms. The molecule has 3 rings (SSSR count). The van der Waals surface area contributed by atoms with Crippen molar-refractivity contribution in [2.24, 2.45) is 0 Å². The Morgan fingerprint density at radius 2 is 1.74 bits per heavy atom. The second kappa shape index (κ2) is 8.79. The Labute approximate surface area is 162 Å². The maximum atomic E-state index is 12.2. The van der Waals surface area contributed by atoms with Gasteiger partial charge >= 0.3 is 0 Å². The largest absolute Gasteiger partial charge is 0.354 e. The van der Waals surface area contributed by atoms with E-state index in [-0.39, 0.29) is 11.8 Å². The lowest BCUT2D eigenvalue weighted by Crippen LogP contribution is -2.49. The molecule has 0 spiro atoms. The maximum Gasteiger partial charge on any atom is 0.271 e. The number of carbonyl (C=O) groups excluding carboxylic acids is 2. The molecule has 0 radical (unpaired) electrons. The first-order chi connectivity index (χ1) is 13.0. The molecule has 1 aliphatic rings. The van der Waals surface area contributed by atoms with Crippen molar-refractivity contribution >= 4 is 34.9 Å². The van der Waals surface area contributed by atoms with Gasteiger partial charge in [0.05, 0.1) is 6.54 Å². The molecule has 0 unspecified atom stereocenters. The van der Waals surface area contributed by atoms with Crippen LogP contribution in [-0.2, 0) is 4.79 Å². The minimum absolute atomic E-state index is 0.0551. The van der Waals surface area contributed by atoms with Crippen molar-refractivity contribution in [3.8, 4) is 0 Å². The number of nitrogens with zero attached hydrogens (tertiary/aromatic N) is 4. The molecule has 2 N–H and O–H groups in total. The van der Waals surface area contributed by atoms with Crippen molar-refractivity contribution in [3.63, 3.8) is 0 Å². The van der Waals surface area contributed by atoms with Crippen LogP contribution in [0.2, 0.25) is 5.02 Å². The standard InChI is InChI=1S/C18H21ClN6O2/c1-20-18(27)15-6-7-16(23-22-15)25-10-8-24(9-11-25)12-17(26)21-14-4-2-13(19)3-5-14/h2-7H,8-12H2,1H3,(H,20,27)(H,21,26). The normalized spacial score (nSPS) is 14.7. The first-order valence-corrected chi connectivity index (χ1v) is 9.01. The topological polar surface area (TPSA) is 90.5 Å². The number of carbonyl (C=O) groups is 2. The van der Waals surface area contributed by atoms with Crippen LogP contribution in [0.1, 0.15) is 10.5 Å². The molecule has 0 atom stereocenters. The van der Waals surface area contributed by atoms with E-state index in [9.17, 15) is 9.59 Å². The smallest absolute Gasteiger partial charge is 0.271 e. The molecule has 142 valence electrons. The number of rotatable bonds is 5. The molecular weight excluding hydrogens is 368 g/mol. The van der Waals surface area contributed by atoms with Crippen molar-refractivity contribution in [1.29, 1.82) is 0 Å². The van der Waals surface area contributed by atoms with Gasteiger partial charge in [0.25, 0.3) is 5.91 Å². The second-order valence-corrected chi connectivity index (χ2v) is 6.61. The summed E-state index contributed by atoms with van der Waals surface area (Å²) < 4.78 is 0. The van der Waals surface area contributed by atoms with Crippen molar-refractivity contribution in [1.82, 2.24) is 20.4 Å². The molecule has 0 aliphatic carbocycles. The fourth-order valence-corrected chi connectivity index (χ4v) is 2.94. The van der Waals surface area contributed by atoms with Gasteiger partial charge in [-0.05, 0) is 36.4 Å². The van der Waals surface area contributed by atoms with E-state index in [1.54, 1.807) is 43.4 Å². The Morgan fingerprint density at radius 1 is 1.04 bits per heavy atom. The molecule has 0 saturated carbocycles. The van der Waals surface area contributed by atoms with E-state index in [4.69, 9.17) is 11.6 Å². The van der Waals surface area contributed by atoms with E-state index in [0.717, 1.165) is 37.7 Å². The van der Waals surface area contributed by atoms with Gasteiger partial charge in [0, 0.05) is 43.9 Å². The lowest BCUT2D eigenvalue weighted by atomic mass is 10.3. The van der Waals surface area contributed by atoms with E-state index >= 15 is 0 Å². The third-order valence-electron chi connectivity index (χ3n) is 4.30. The number of hydrogen-bond donors (Lipinski definition) is 2. The van der Waals surface area contributed by atoms with Gasteiger partial charge in [-0.15, -0.1) is 10.2 Å².